The Kier molecular flexibility index (Phi) is 13.9. The first kappa shape index (κ1) is 47.9. The second-order valence-corrected chi connectivity index (χ2v) is 24.3. The van der Waals surface area contributed by atoms with Gasteiger partial charge < -0.3 is 15.0 Å². The van der Waals surface area contributed by atoms with Gasteiger partial charge >= 0.3 is 5.51 Å². The number of nitrogens with one attached hydrogen (secondary N) is 2. The fraction of sp³-hybridized carbons (Fsp3) is 0.562. The summed E-state index contributed by atoms with van der Waals surface area (Å²) in [7, 11) is -10.9. The summed E-state index contributed by atoms with van der Waals surface area (Å²) in [4.78, 5) is 19.2. The van der Waals surface area contributed by atoms with Crippen molar-refractivity contribution < 1.29 is 39.5 Å². The summed E-state index contributed by atoms with van der Waals surface area (Å²) in [6.07, 6.45) is 9.44. The molecule has 354 valence electrons. The van der Waals surface area contributed by atoms with Gasteiger partial charge in [-0.1, -0.05) is 56.5 Å². The largest absolute Gasteiger partial charge is 0.501 e. The molecule has 3 aromatic rings. The lowest BCUT2D eigenvalue weighted by Gasteiger charge is -2.73. The lowest BCUT2D eigenvalue weighted by atomic mass is 9.31. The number of nitrogens with zero attached hydrogens (tertiary/aromatic N) is 3. The molecule has 5 fully saturated rings. The van der Waals surface area contributed by atoms with Gasteiger partial charge in [0.2, 0.25) is 0 Å². The molecule has 2 aliphatic heterocycles. The van der Waals surface area contributed by atoms with Crippen LogP contribution in [0.1, 0.15) is 82.5 Å². The molecule has 0 spiro atoms. The standard InChI is InChI=1S/C48H62F3N5O6S3/c1-4-46-32-47(33-46,34-46)41-29-45(2,3)18-16-36(41)30-55-20-22-56(23-21-55)38-12-10-35(11-13-38)44(57)53-65(60,61)40-14-15-42(43(28-40)64(58,59)48(49,50)51)52-37(17-19-54-24-26-62-27-25-54)31-63-39-8-6-5-7-9-39/h5-15,28,37,52H,4,16-27,29-34H2,1-3H3,(H,53,57)/t37-,46?,47?/m1/s1. The smallest absolute Gasteiger partial charge is 0.380 e. The van der Waals surface area contributed by atoms with Crippen LogP contribution in [0.4, 0.5) is 24.5 Å². The highest BCUT2D eigenvalue weighted by Crippen LogP contribution is 2.79. The molecule has 2 N–H and O–H groups in total. The van der Waals surface area contributed by atoms with Crippen LogP contribution in [0.5, 0.6) is 0 Å². The Bertz CT molecular complexity index is 2430. The number of piperazine rings is 1. The van der Waals surface area contributed by atoms with E-state index in [1.165, 1.54) is 68.8 Å². The molecular weight excluding hydrogens is 896 g/mol. The van der Waals surface area contributed by atoms with Crippen LogP contribution in [-0.4, -0.2) is 115 Å². The SMILES string of the molecule is CCC12CC(C3=C(CN4CCN(c5ccc(C(=O)NS(=O)(=O)c6ccc(N[C@H](CCN7CCOCC7)CSc7ccccc7)c(S(=O)(=O)C(F)(F)F)c6)cc5)CC4)CCC(C)(C)C3)(C1)C2. The van der Waals surface area contributed by atoms with Gasteiger partial charge in [0.1, 0.15) is 4.90 Å². The number of sulfonamides is 1. The number of hydrogen-bond donors (Lipinski definition) is 2. The third-order valence-corrected chi connectivity index (χ3v) is 18.6. The summed E-state index contributed by atoms with van der Waals surface area (Å²) in [5.74, 6) is -0.624. The second-order valence-electron chi connectivity index (χ2n) is 19.6. The number of anilines is 2. The van der Waals surface area contributed by atoms with Crippen LogP contribution in [0.3, 0.4) is 0 Å². The molecule has 0 unspecified atom stereocenters. The van der Waals surface area contributed by atoms with E-state index in [0.717, 1.165) is 55.4 Å². The van der Waals surface area contributed by atoms with Crippen molar-refractivity contribution in [3.8, 4) is 0 Å². The van der Waals surface area contributed by atoms with E-state index >= 15 is 0 Å². The van der Waals surface area contributed by atoms with Gasteiger partial charge in [0.25, 0.3) is 25.8 Å². The number of halogens is 3. The molecule has 2 saturated heterocycles. The van der Waals surface area contributed by atoms with Crippen LogP contribution >= 0.6 is 11.8 Å². The zero-order chi connectivity index (χ0) is 46.3. The van der Waals surface area contributed by atoms with E-state index in [4.69, 9.17) is 4.74 Å². The number of rotatable bonds is 17. The van der Waals surface area contributed by atoms with Crippen LogP contribution in [0.2, 0.25) is 0 Å². The minimum Gasteiger partial charge on any atom is -0.380 e. The third kappa shape index (κ3) is 10.6. The first-order chi connectivity index (χ1) is 30.8. The van der Waals surface area contributed by atoms with Gasteiger partial charge in [-0.15, -0.1) is 11.8 Å². The number of alkyl halides is 3. The molecule has 2 bridgehead atoms. The maximum absolute atomic E-state index is 14.2. The number of sulfone groups is 1. The minimum atomic E-state index is -6.04. The lowest BCUT2D eigenvalue weighted by Crippen LogP contribution is -2.63. The molecule has 2 heterocycles. The summed E-state index contributed by atoms with van der Waals surface area (Å²) in [6.45, 7) is 14.6. The Balaban J connectivity index is 0.919. The topological polar surface area (TPSA) is 128 Å². The quantitative estimate of drug-likeness (QED) is 0.0998. The van der Waals surface area contributed by atoms with Crippen molar-refractivity contribution in [3.05, 3.63) is 89.5 Å². The molecular formula is C48H62F3N5O6S3. The Labute approximate surface area is 386 Å². The first-order valence-electron chi connectivity index (χ1n) is 22.9. The molecule has 1 amide bonds. The Morgan fingerprint density at radius 1 is 0.877 bits per heavy atom. The normalized spacial score (nSPS) is 24.5. The van der Waals surface area contributed by atoms with Gasteiger partial charge in [0.15, 0.2) is 0 Å². The fourth-order valence-corrected chi connectivity index (χ4v) is 13.7. The average Bonchev–Trinajstić information content (AvgIpc) is 3.25. The second kappa shape index (κ2) is 18.8. The van der Waals surface area contributed by atoms with Crippen molar-refractivity contribution in [2.24, 2.45) is 16.2 Å². The first-order valence-corrected chi connectivity index (χ1v) is 26.8. The van der Waals surface area contributed by atoms with E-state index in [0.29, 0.717) is 67.3 Å². The number of morpholine rings is 1. The number of hydrogen-bond acceptors (Lipinski definition) is 11. The molecule has 0 aromatic heterocycles. The van der Waals surface area contributed by atoms with Crippen LogP contribution in [0.15, 0.2) is 98.6 Å². The Hall–Kier alpha value is -3.61. The number of thioether (sulfide) groups is 1. The van der Waals surface area contributed by atoms with E-state index in [1.807, 2.05) is 35.1 Å². The highest BCUT2D eigenvalue weighted by atomic mass is 32.2. The molecule has 3 saturated carbocycles. The number of benzene rings is 3. The summed E-state index contributed by atoms with van der Waals surface area (Å²) in [5, 5.41) is 3.00. The van der Waals surface area contributed by atoms with Gasteiger partial charge in [-0.2, -0.15) is 13.2 Å². The molecule has 65 heavy (non-hydrogen) atoms. The average molecular weight is 958 g/mol. The number of amides is 1. The van der Waals surface area contributed by atoms with Crippen molar-refractivity contribution in [1.29, 1.82) is 0 Å². The van der Waals surface area contributed by atoms with Crippen LogP contribution in [0.25, 0.3) is 0 Å². The van der Waals surface area contributed by atoms with Crippen molar-refractivity contribution in [1.82, 2.24) is 14.5 Å². The fourth-order valence-electron chi connectivity index (χ4n) is 10.7. The van der Waals surface area contributed by atoms with E-state index in [2.05, 4.69) is 40.8 Å². The molecule has 3 aromatic carbocycles. The molecule has 9 rings (SSSR count). The van der Waals surface area contributed by atoms with Crippen LogP contribution in [-0.2, 0) is 24.6 Å². The minimum absolute atomic E-state index is 0.0227. The van der Waals surface area contributed by atoms with Gasteiger partial charge in [0.05, 0.1) is 23.8 Å². The van der Waals surface area contributed by atoms with Gasteiger partial charge in [-0.25, -0.2) is 21.6 Å². The molecule has 11 nitrogen and oxygen atoms in total. The van der Waals surface area contributed by atoms with Gasteiger partial charge in [-0.05, 0) is 116 Å². The van der Waals surface area contributed by atoms with Crippen molar-refractivity contribution in [2.75, 3.05) is 81.5 Å². The third-order valence-electron chi connectivity index (χ3n) is 14.5. The van der Waals surface area contributed by atoms with E-state index < -0.39 is 47.1 Å². The van der Waals surface area contributed by atoms with E-state index in [9.17, 15) is 34.8 Å². The van der Waals surface area contributed by atoms with E-state index in [-0.39, 0.29) is 11.3 Å². The zero-order valence-corrected chi connectivity index (χ0v) is 40.0. The van der Waals surface area contributed by atoms with Gasteiger partial charge in [0, 0.05) is 80.3 Å². The predicted octanol–water partition coefficient (Wildman–Crippen LogP) is 8.60. The predicted molar refractivity (Wildman–Crippen MR) is 250 cm³/mol. The summed E-state index contributed by atoms with van der Waals surface area (Å²) >= 11 is 1.46. The molecule has 0 radical (unpaired) electrons. The van der Waals surface area contributed by atoms with Crippen LogP contribution in [0, 0.1) is 16.2 Å². The lowest BCUT2D eigenvalue weighted by molar-refractivity contribution is -0.182. The number of ether oxygens (including phenoxy) is 1. The maximum atomic E-state index is 14.2. The summed E-state index contributed by atoms with van der Waals surface area (Å²) in [6, 6.07) is 17.9. The number of carbonyl (C=O) groups excluding carboxylic acids is 1. The van der Waals surface area contributed by atoms with E-state index in [1.54, 1.807) is 23.3 Å². The number of carbonyl (C=O) groups is 1. The molecule has 17 heteroatoms. The Morgan fingerprint density at radius 3 is 2.20 bits per heavy atom. The van der Waals surface area contributed by atoms with Crippen molar-refractivity contribution >= 4 is 48.9 Å². The Morgan fingerprint density at radius 2 is 1.55 bits per heavy atom. The molecule has 1 atom stereocenters. The number of allylic oxidation sites excluding steroid dienone is 1. The highest BCUT2D eigenvalue weighted by Gasteiger charge is 2.68. The monoisotopic (exact) mass is 957 g/mol. The summed E-state index contributed by atoms with van der Waals surface area (Å²) < 4.78 is 103. The van der Waals surface area contributed by atoms with Crippen molar-refractivity contribution in [3.63, 3.8) is 0 Å². The summed E-state index contributed by atoms with van der Waals surface area (Å²) in [5.41, 5.74) is -0.382. The zero-order valence-electron chi connectivity index (χ0n) is 37.6. The van der Waals surface area contributed by atoms with Crippen LogP contribution < -0.4 is 14.9 Å². The molecule has 4 aliphatic carbocycles. The molecule has 6 aliphatic rings. The van der Waals surface area contributed by atoms with Gasteiger partial charge in [-0.3, -0.25) is 14.6 Å². The highest BCUT2D eigenvalue weighted by molar-refractivity contribution is 7.99. The van der Waals surface area contributed by atoms with Crippen molar-refractivity contribution in [2.45, 2.75) is 98.4 Å². The maximum Gasteiger partial charge on any atom is 0.501 e.